The van der Waals surface area contributed by atoms with Crippen LogP contribution in [0.1, 0.15) is 45.1 Å². The van der Waals surface area contributed by atoms with Crippen molar-refractivity contribution in [3.05, 3.63) is 54.1 Å². The van der Waals surface area contributed by atoms with Gasteiger partial charge in [0.25, 0.3) is 0 Å². The molecule has 0 fully saturated rings. The van der Waals surface area contributed by atoms with E-state index in [1.54, 1.807) is 0 Å². The smallest absolute Gasteiger partial charge is 0.0670 e. The Kier molecular flexibility index (Phi) is 3.60. The van der Waals surface area contributed by atoms with Gasteiger partial charge in [-0.25, -0.2) is 0 Å². The van der Waals surface area contributed by atoms with E-state index in [9.17, 15) is 0 Å². The Morgan fingerprint density at radius 1 is 1.10 bits per heavy atom. The Labute approximate surface area is 122 Å². The van der Waals surface area contributed by atoms with Crippen molar-refractivity contribution in [1.29, 1.82) is 0 Å². The highest BCUT2D eigenvalue weighted by Crippen LogP contribution is 2.43. The van der Waals surface area contributed by atoms with Crippen LogP contribution in [0.2, 0.25) is 0 Å². The molecule has 0 saturated heterocycles. The second kappa shape index (κ2) is 5.40. The van der Waals surface area contributed by atoms with Gasteiger partial charge in [0.15, 0.2) is 0 Å². The molecule has 1 nitrogen and oxygen atoms in total. The van der Waals surface area contributed by atoms with Crippen molar-refractivity contribution in [2.75, 3.05) is 0 Å². The fraction of sp³-hybridized carbons (Fsp3) is 0.421. The second-order valence-electron chi connectivity index (χ2n) is 6.23. The summed E-state index contributed by atoms with van der Waals surface area (Å²) < 4.78 is 0. The zero-order valence-corrected chi connectivity index (χ0v) is 12.5. The molecule has 20 heavy (non-hydrogen) atoms. The number of rotatable bonds is 5. The highest BCUT2D eigenvalue weighted by molar-refractivity contribution is 5.99. The molecule has 104 valence electrons. The molecule has 0 saturated carbocycles. The van der Waals surface area contributed by atoms with E-state index in [2.05, 4.69) is 62.4 Å². The number of nitrogens with zero attached hydrogens (tertiary/aromatic N) is 1. The molecule has 1 aliphatic carbocycles. The highest BCUT2D eigenvalue weighted by Gasteiger charge is 2.35. The molecule has 0 N–H and O–H groups in total. The maximum Gasteiger partial charge on any atom is 0.0670 e. The Bertz CT molecular complexity index is 567. The van der Waals surface area contributed by atoms with Crippen LogP contribution >= 0.6 is 0 Å². The van der Waals surface area contributed by atoms with Gasteiger partial charge in [0, 0.05) is 11.1 Å². The Morgan fingerprint density at radius 2 is 1.85 bits per heavy atom. The number of aliphatic imine (C=N–C) groups is 1. The quantitative estimate of drug-likeness (QED) is 0.636. The van der Waals surface area contributed by atoms with Crippen LogP contribution in [0.15, 0.2) is 53.6 Å². The fourth-order valence-electron chi connectivity index (χ4n) is 3.38. The summed E-state index contributed by atoms with van der Waals surface area (Å²) in [5.74, 6) is 0.674. The first kappa shape index (κ1) is 13.4. The van der Waals surface area contributed by atoms with Gasteiger partial charge in [-0.3, -0.25) is 4.99 Å². The van der Waals surface area contributed by atoms with E-state index in [0.717, 1.165) is 0 Å². The molecule has 0 bridgehead atoms. The summed E-state index contributed by atoms with van der Waals surface area (Å²) in [7, 11) is 0. The normalized spacial score (nSPS) is 24.2. The molecular weight excluding hydrogens is 242 g/mol. The molecule has 1 atom stereocenters. The zero-order valence-electron chi connectivity index (χ0n) is 12.5. The van der Waals surface area contributed by atoms with Crippen LogP contribution in [-0.4, -0.2) is 5.71 Å². The third-order valence-corrected chi connectivity index (χ3v) is 4.88. The molecule has 1 aliphatic heterocycles. The van der Waals surface area contributed by atoms with Crippen molar-refractivity contribution in [2.45, 2.75) is 44.9 Å². The zero-order chi connectivity index (χ0) is 14.0. The minimum atomic E-state index is 0.151. The molecule has 1 heteroatoms. The van der Waals surface area contributed by atoms with Gasteiger partial charge in [-0.1, -0.05) is 62.3 Å². The van der Waals surface area contributed by atoms with Crippen LogP contribution in [0.25, 0.3) is 0 Å². The van der Waals surface area contributed by atoms with Crippen LogP contribution < -0.4 is 0 Å². The molecule has 1 unspecified atom stereocenters. The second-order valence-corrected chi connectivity index (χ2v) is 6.23. The molecule has 0 radical (unpaired) electrons. The third kappa shape index (κ3) is 2.37. The first-order valence-corrected chi connectivity index (χ1v) is 7.70. The lowest BCUT2D eigenvalue weighted by atomic mass is 9.76. The van der Waals surface area contributed by atoms with Crippen LogP contribution in [-0.2, 0) is 5.41 Å². The lowest BCUT2D eigenvalue weighted by Crippen LogP contribution is -2.27. The Balaban J connectivity index is 1.60. The number of fused-ring (bicyclic) bond motifs is 1. The standard InChI is InChI=1S/C19H23N/c1-15-19(2,17-12-5-6-13-18(17)20-15)14-8-7-11-16-9-3-4-10-16/h3-6,9-10,12-13,16H,7-8,11,14H2,1-2H3. The van der Waals surface area contributed by atoms with E-state index in [-0.39, 0.29) is 5.41 Å². The van der Waals surface area contributed by atoms with Gasteiger partial charge < -0.3 is 0 Å². The molecular formula is C19H23N. The van der Waals surface area contributed by atoms with Gasteiger partial charge in [0.2, 0.25) is 0 Å². The molecule has 3 rings (SSSR count). The lowest BCUT2D eigenvalue weighted by Gasteiger charge is -2.26. The summed E-state index contributed by atoms with van der Waals surface area (Å²) in [4.78, 5) is 4.76. The Morgan fingerprint density at radius 3 is 2.65 bits per heavy atom. The summed E-state index contributed by atoms with van der Waals surface area (Å²) in [6.07, 6.45) is 14.0. The number of hydrogen-bond acceptors (Lipinski definition) is 1. The van der Waals surface area contributed by atoms with Crippen LogP contribution in [0, 0.1) is 5.92 Å². The SMILES string of the molecule is CC1=Nc2ccccc2C1(C)CCCCC1C=CC=C1. The van der Waals surface area contributed by atoms with Crippen LogP contribution in [0.4, 0.5) is 5.69 Å². The van der Waals surface area contributed by atoms with Crippen molar-refractivity contribution in [1.82, 2.24) is 0 Å². The molecule has 1 aromatic carbocycles. The average Bonchev–Trinajstić information content (AvgIpc) is 3.04. The third-order valence-electron chi connectivity index (χ3n) is 4.88. The molecule has 0 aromatic heterocycles. The van der Waals surface area contributed by atoms with E-state index in [0.29, 0.717) is 5.92 Å². The highest BCUT2D eigenvalue weighted by atomic mass is 14.8. The van der Waals surface area contributed by atoms with Crippen molar-refractivity contribution in [2.24, 2.45) is 10.9 Å². The molecule has 1 heterocycles. The fourth-order valence-corrected chi connectivity index (χ4v) is 3.38. The van der Waals surface area contributed by atoms with Crippen LogP contribution in [0.5, 0.6) is 0 Å². The first-order valence-electron chi connectivity index (χ1n) is 7.70. The topological polar surface area (TPSA) is 12.4 Å². The largest absolute Gasteiger partial charge is 0.257 e. The van der Waals surface area contributed by atoms with E-state index in [4.69, 9.17) is 4.99 Å². The van der Waals surface area contributed by atoms with Gasteiger partial charge in [-0.2, -0.15) is 0 Å². The number of para-hydroxylation sites is 1. The number of benzene rings is 1. The first-order chi connectivity index (χ1) is 9.70. The van der Waals surface area contributed by atoms with Gasteiger partial charge in [-0.15, -0.1) is 0 Å². The molecule has 0 spiro atoms. The van der Waals surface area contributed by atoms with Gasteiger partial charge >= 0.3 is 0 Å². The van der Waals surface area contributed by atoms with Gasteiger partial charge in [-0.05, 0) is 37.3 Å². The molecule has 0 amide bonds. The van der Waals surface area contributed by atoms with Gasteiger partial charge in [0.05, 0.1) is 5.69 Å². The molecule has 1 aromatic rings. The van der Waals surface area contributed by atoms with Crippen molar-refractivity contribution >= 4 is 11.4 Å². The van der Waals surface area contributed by atoms with Crippen molar-refractivity contribution in [3.63, 3.8) is 0 Å². The molecule has 2 aliphatic rings. The predicted molar refractivity (Wildman–Crippen MR) is 86.8 cm³/mol. The van der Waals surface area contributed by atoms with Crippen molar-refractivity contribution in [3.8, 4) is 0 Å². The summed E-state index contributed by atoms with van der Waals surface area (Å²) in [6, 6.07) is 8.61. The predicted octanol–water partition coefficient (Wildman–Crippen LogP) is 5.35. The lowest BCUT2D eigenvalue weighted by molar-refractivity contribution is 0.513. The van der Waals surface area contributed by atoms with Crippen LogP contribution in [0.3, 0.4) is 0 Å². The Hall–Kier alpha value is -1.63. The maximum atomic E-state index is 4.76. The summed E-state index contributed by atoms with van der Waals surface area (Å²) >= 11 is 0. The van der Waals surface area contributed by atoms with E-state index in [1.165, 1.54) is 42.6 Å². The van der Waals surface area contributed by atoms with E-state index >= 15 is 0 Å². The van der Waals surface area contributed by atoms with Crippen molar-refractivity contribution < 1.29 is 0 Å². The average molecular weight is 265 g/mol. The van der Waals surface area contributed by atoms with E-state index in [1.807, 2.05) is 0 Å². The minimum absolute atomic E-state index is 0.151. The summed E-state index contributed by atoms with van der Waals surface area (Å²) in [6.45, 7) is 4.54. The minimum Gasteiger partial charge on any atom is -0.257 e. The summed E-state index contributed by atoms with van der Waals surface area (Å²) in [5, 5.41) is 0. The number of unbranched alkanes of at least 4 members (excludes halogenated alkanes) is 1. The summed E-state index contributed by atoms with van der Waals surface area (Å²) in [5.41, 5.74) is 4.02. The number of allylic oxidation sites excluding steroid dienone is 4. The maximum absolute atomic E-state index is 4.76. The number of hydrogen-bond donors (Lipinski definition) is 0. The monoisotopic (exact) mass is 265 g/mol. The van der Waals surface area contributed by atoms with Gasteiger partial charge in [0.1, 0.15) is 0 Å². The van der Waals surface area contributed by atoms with E-state index < -0.39 is 0 Å².